The van der Waals surface area contributed by atoms with Crippen molar-refractivity contribution in [2.75, 3.05) is 0 Å². The summed E-state index contributed by atoms with van der Waals surface area (Å²) < 4.78 is 0. The molecule has 0 radical (unpaired) electrons. The Morgan fingerprint density at radius 2 is 1.64 bits per heavy atom. The molecule has 2 aromatic carbocycles. The molecule has 0 spiro atoms. The Morgan fingerprint density at radius 3 is 2.20 bits per heavy atom. The quantitative estimate of drug-likeness (QED) is 0.440. The summed E-state index contributed by atoms with van der Waals surface area (Å²) in [5, 5.41) is 1.31. The van der Waals surface area contributed by atoms with Crippen molar-refractivity contribution in [3.8, 4) is 0 Å². The van der Waals surface area contributed by atoms with Gasteiger partial charge in [0.05, 0.1) is 0 Å². The van der Waals surface area contributed by atoms with Crippen molar-refractivity contribution in [1.82, 2.24) is 0 Å². The highest BCUT2D eigenvalue weighted by Crippen LogP contribution is 2.49. The highest BCUT2D eigenvalue weighted by Gasteiger charge is 2.32. The standard InChI is InChI=1S/C23H31OP/c1-7-20-18(6)12-17(5)14-21(20)23(8-2,9-3)25-22-11-10-16(4)13-19(22)15-24/h10-15,25H,7-9H2,1-6H3. The van der Waals surface area contributed by atoms with Crippen molar-refractivity contribution in [2.45, 2.75) is 66.0 Å². The maximum Gasteiger partial charge on any atom is 0.150 e. The van der Waals surface area contributed by atoms with Crippen molar-refractivity contribution < 1.29 is 4.79 Å². The van der Waals surface area contributed by atoms with Crippen LogP contribution in [0.3, 0.4) is 0 Å². The Morgan fingerprint density at radius 1 is 0.960 bits per heavy atom. The summed E-state index contributed by atoms with van der Waals surface area (Å²) in [5.74, 6) is 0. The fourth-order valence-corrected chi connectivity index (χ4v) is 5.59. The fraction of sp³-hybridized carbons (Fsp3) is 0.435. The van der Waals surface area contributed by atoms with Gasteiger partial charge in [0, 0.05) is 10.7 Å². The Balaban J connectivity index is 2.63. The molecule has 0 aliphatic rings. The van der Waals surface area contributed by atoms with Crippen molar-refractivity contribution >= 4 is 20.2 Å². The molecule has 2 rings (SSSR count). The summed E-state index contributed by atoms with van der Waals surface area (Å²) in [7, 11) is 0.606. The molecule has 0 heterocycles. The summed E-state index contributed by atoms with van der Waals surface area (Å²) in [6.07, 6.45) is 4.25. The third-order valence-electron chi connectivity index (χ3n) is 5.40. The van der Waals surface area contributed by atoms with Crippen LogP contribution in [0.2, 0.25) is 0 Å². The zero-order chi connectivity index (χ0) is 18.6. The van der Waals surface area contributed by atoms with E-state index in [1.165, 1.54) is 27.6 Å². The van der Waals surface area contributed by atoms with Crippen LogP contribution in [0.4, 0.5) is 0 Å². The van der Waals surface area contributed by atoms with E-state index in [9.17, 15) is 4.79 Å². The molecule has 2 heteroatoms. The summed E-state index contributed by atoms with van der Waals surface area (Å²) in [6, 6.07) is 11.0. The molecule has 0 aliphatic carbocycles. The molecular weight excluding hydrogens is 323 g/mol. The second-order valence-corrected chi connectivity index (χ2v) is 8.83. The lowest BCUT2D eigenvalue weighted by Gasteiger charge is -2.36. The van der Waals surface area contributed by atoms with Gasteiger partial charge in [0.1, 0.15) is 0 Å². The molecule has 0 aliphatic heterocycles. The first-order valence-electron chi connectivity index (χ1n) is 9.35. The molecule has 0 saturated carbocycles. The van der Waals surface area contributed by atoms with Gasteiger partial charge in [-0.15, -0.1) is 0 Å². The van der Waals surface area contributed by atoms with Gasteiger partial charge in [-0.05, 0) is 68.1 Å². The maximum absolute atomic E-state index is 11.6. The van der Waals surface area contributed by atoms with Crippen LogP contribution < -0.4 is 5.30 Å². The minimum Gasteiger partial charge on any atom is -0.298 e. The van der Waals surface area contributed by atoms with Gasteiger partial charge in [-0.3, -0.25) is 4.79 Å². The highest BCUT2D eigenvalue weighted by atomic mass is 31.1. The van der Waals surface area contributed by atoms with E-state index >= 15 is 0 Å². The number of benzene rings is 2. The number of carbonyl (C=O) groups excluding carboxylic acids is 1. The van der Waals surface area contributed by atoms with Crippen LogP contribution in [-0.2, 0) is 11.6 Å². The van der Waals surface area contributed by atoms with Gasteiger partial charge in [-0.1, -0.05) is 64.7 Å². The summed E-state index contributed by atoms with van der Waals surface area (Å²) in [5.41, 5.74) is 7.71. The van der Waals surface area contributed by atoms with Crippen molar-refractivity contribution in [3.63, 3.8) is 0 Å². The number of aryl methyl sites for hydroxylation is 3. The Bertz CT molecular complexity index is 757. The molecule has 1 nitrogen and oxygen atoms in total. The molecule has 0 fully saturated rings. The van der Waals surface area contributed by atoms with Crippen molar-refractivity contribution in [3.05, 3.63) is 63.7 Å². The number of hydrogen-bond donors (Lipinski definition) is 0. The van der Waals surface area contributed by atoms with Crippen LogP contribution in [-0.4, -0.2) is 6.29 Å². The Kier molecular flexibility index (Phi) is 6.58. The van der Waals surface area contributed by atoms with Crippen LogP contribution in [0.5, 0.6) is 0 Å². The topological polar surface area (TPSA) is 17.1 Å². The first kappa shape index (κ1) is 19.9. The van der Waals surface area contributed by atoms with Crippen molar-refractivity contribution in [1.29, 1.82) is 0 Å². The van der Waals surface area contributed by atoms with Gasteiger partial charge < -0.3 is 0 Å². The van der Waals surface area contributed by atoms with Gasteiger partial charge in [0.25, 0.3) is 0 Å². The van der Waals surface area contributed by atoms with Crippen LogP contribution in [0.1, 0.15) is 71.8 Å². The Labute approximate surface area is 155 Å². The number of rotatable bonds is 7. The fourth-order valence-electron chi connectivity index (χ4n) is 3.92. The summed E-state index contributed by atoms with van der Waals surface area (Å²) in [6.45, 7) is 13.3. The van der Waals surface area contributed by atoms with Crippen molar-refractivity contribution in [2.24, 2.45) is 0 Å². The van der Waals surface area contributed by atoms with E-state index in [-0.39, 0.29) is 5.16 Å². The van der Waals surface area contributed by atoms with Crippen LogP contribution in [0.25, 0.3) is 0 Å². The zero-order valence-electron chi connectivity index (χ0n) is 16.5. The molecular formula is C23H31OP. The van der Waals surface area contributed by atoms with E-state index in [1.54, 1.807) is 0 Å². The van der Waals surface area contributed by atoms with E-state index in [1.807, 2.05) is 13.0 Å². The average molecular weight is 354 g/mol. The van der Waals surface area contributed by atoms with Crippen LogP contribution >= 0.6 is 8.58 Å². The third-order valence-corrected chi connectivity index (χ3v) is 7.58. The maximum atomic E-state index is 11.6. The molecule has 0 saturated heterocycles. The van der Waals surface area contributed by atoms with Gasteiger partial charge in [0.15, 0.2) is 6.29 Å². The molecule has 1 unspecified atom stereocenters. The number of carbonyl (C=O) groups is 1. The number of aldehydes is 1. The SMILES string of the molecule is CCc1c(C)cc(C)cc1C(CC)(CC)Pc1ccc(C)cc1C=O. The van der Waals surface area contributed by atoms with Gasteiger partial charge in [-0.2, -0.15) is 0 Å². The lowest BCUT2D eigenvalue weighted by molar-refractivity contribution is 0.112. The summed E-state index contributed by atoms with van der Waals surface area (Å²) >= 11 is 0. The van der Waals surface area contributed by atoms with E-state index in [2.05, 4.69) is 58.9 Å². The van der Waals surface area contributed by atoms with E-state index < -0.39 is 0 Å². The van der Waals surface area contributed by atoms with Gasteiger partial charge in [-0.25, -0.2) is 0 Å². The predicted octanol–water partition coefficient (Wildman–Crippen LogP) is 6.01. The number of hydrogen-bond acceptors (Lipinski definition) is 1. The van der Waals surface area contributed by atoms with Crippen LogP contribution in [0, 0.1) is 20.8 Å². The summed E-state index contributed by atoms with van der Waals surface area (Å²) in [4.78, 5) is 11.6. The monoisotopic (exact) mass is 354 g/mol. The molecule has 0 aromatic heterocycles. The van der Waals surface area contributed by atoms with Gasteiger partial charge in [0.2, 0.25) is 0 Å². The molecule has 2 aromatic rings. The molecule has 0 bridgehead atoms. The molecule has 1 atom stereocenters. The normalized spacial score (nSPS) is 12.1. The largest absolute Gasteiger partial charge is 0.298 e. The lowest BCUT2D eigenvalue weighted by atomic mass is 9.85. The minimum atomic E-state index is 0.106. The second-order valence-electron chi connectivity index (χ2n) is 7.08. The van der Waals surface area contributed by atoms with Gasteiger partial charge >= 0.3 is 0 Å². The molecule has 0 amide bonds. The lowest BCUT2D eigenvalue weighted by Crippen LogP contribution is -2.25. The molecule has 134 valence electrons. The van der Waals surface area contributed by atoms with E-state index in [4.69, 9.17) is 0 Å². The van der Waals surface area contributed by atoms with E-state index in [0.29, 0.717) is 8.58 Å². The Hall–Kier alpha value is -1.46. The second kappa shape index (κ2) is 8.28. The first-order chi connectivity index (χ1) is 11.9. The molecule has 0 N–H and O–H groups in total. The average Bonchev–Trinajstić information content (AvgIpc) is 2.60. The zero-order valence-corrected chi connectivity index (χ0v) is 17.5. The van der Waals surface area contributed by atoms with E-state index in [0.717, 1.165) is 36.7 Å². The smallest absolute Gasteiger partial charge is 0.150 e. The van der Waals surface area contributed by atoms with Crippen LogP contribution in [0.15, 0.2) is 30.3 Å². The molecule has 25 heavy (non-hydrogen) atoms. The minimum absolute atomic E-state index is 0.106. The highest BCUT2D eigenvalue weighted by molar-refractivity contribution is 7.48. The third kappa shape index (κ3) is 4.04. The first-order valence-corrected chi connectivity index (χ1v) is 10.3. The predicted molar refractivity (Wildman–Crippen MR) is 112 cm³/mol.